The minimum atomic E-state index is 0.0975. The molecule has 2 aromatic carbocycles. The molecular formula is C20H24N2O2. The summed E-state index contributed by atoms with van der Waals surface area (Å²) < 4.78 is 5.27. The molecule has 1 fully saturated rings. The summed E-state index contributed by atoms with van der Waals surface area (Å²) >= 11 is 0. The minimum absolute atomic E-state index is 0.0975. The smallest absolute Gasteiger partial charge is 0.253 e. The van der Waals surface area contributed by atoms with Gasteiger partial charge in [0.1, 0.15) is 5.75 Å². The molecule has 126 valence electrons. The molecule has 0 spiro atoms. The molecule has 1 N–H and O–H groups in total. The van der Waals surface area contributed by atoms with Gasteiger partial charge in [0.2, 0.25) is 0 Å². The number of carbonyl (C=O) groups is 1. The van der Waals surface area contributed by atoms with Crippen molar-refractivity contribution < 1.29 is 9.53 Å². The molecule has 2 aromatic rings. The fourth-order valence-electron chi connectivity index (χ4n) is 3.24. The normalized spacial score (nSPS) is 17.4. The Labute approximate surface area is 143 Å². The Bertz CT molecular complexity index is 700. The summed E-state index contributed by atoms with van der Waals surface area (Å²) in [6.07, 6.45) is 2.10. The maximum absolute atomic E-state index is 12.8. The molecule has 0 unspecified atom stereocenters. The van der Waals surface area contributed by atoms with Crippen LogP contribution >= 0.6 is 0 Å². The van der Waals surface area contributed by atoms with Gasteiger partial charge in [0.25, 0.3) is 5.91 Å². The second kappa shape index (κ2) is 7.39. The average molecular weight is 324 g/mol. The number of ether oxygens (including phenoxy) is 1. The fourth-order valence-corrected chi connectivity index (χ4v) is 3.24. The van der Waals surface area contributed by atoms with E-state index in [1.54, 1.807) is 7.11 Å². The third-order valence-electron chi connectivity index (χ3n) is 4.49. The van der Waals surface area contributed by atoms with Crippen LogP contribution in [0.25, 0.3) is 0 Å². The second-order valence-electron chi connectivity index (χ2n) is 6.29. The number of methoxy groups -OCH3 is 1. The molecule has 4 nitrogen and oxygen atoms in total. The summed E-state index contributed by atoms with van der Waals surface area (Å²) in [5.41, 5.74) is 2.82. The van der Waals surface area contributed by atoms with Crippen LogP contribution in [0.1, 0.15) is 28.8 Å². The number of benzene rings is 2. The first-order chi connectivity index (χ1) is 11.7. The van der Waals surface area contributed by atoms with Gasteiger partial charge in [-0.3, -0.25) is 4.79 Å². The van der Waals surface area contributed by atoms with Crippen LogP contribution in [-0.4, -0.2) is 37.0 Å². The Kier molecular flexibility index (Phi) is 5.04. The number of nitrogens with zero attached hydrogens (tertiary/aromatic N) is 1. The van der Waals surface area contributed by atoms with Crippen LogP contribution in [0.4, 0.5) is 5.69 Å². The average Bonchev–Trinajstić information content (AvgIpc) is 2.62. The Morgan fingerprint density at radius 2 is 2.00 bits per heavy atom. The molecule has 1 saturated heterocycles. The summed E-state index contributed by atoms with van der Waals surface area (Å²) in [6, 6.07) is 16.1. The monoisotopic (exact) mass is 324 g/mol. The lowest BCUT2D eigenvalue weighted by atomic mass is 10.0. The lowest BCUT2D eigenvalue weighted by molar-refractivity contribution is 0.0714. The van der Waals surface area contributed by atoms with Crippen LogP contribution in [-0.2, 0) is 0 Å². The van der Waals surface area contributed by atoms with Crippen LogP contribution in [0.15, 0.2) is 48.5 Å². The van der Waals surface area contributed by atoms with E-state index in [0.717, 1.165) is 48.5 Å². The molecule has 0 saturated carbocycles. The number of para-hydroxylation sites is 1. The van der Waals surface area contributed by atoms with Crippen molar-refractivity contribution in [2.45, 2.75) is 25.8 Å². The number of carbonyl (C=O) groups excluding carboxylic acids is 1. The molecular weight excluding hydrogens is 300 g/mol. The summed E-state index contributed by atoms with van der Waals surface area (Å²) in [7, 11) is 1.65. The zero-order valence-electron chi connectivity index (χ0n) is 14.3. The van der Waals surface area contributed by atoms with Crippen molar-refractivity contribution in [3.05, 3.63) is 59.7 Å². The van der Waals surface area contributed by atoms with E-state index >= 15 is 0 Å². The number of hydrogen-bond acceptors (Lipinski definition) is 3. The van der Waals surface area contributed by atoms with Crippen LogP contribution in [0.2, 0.25) is 0 Å². The Hall–Kier alpha value is -2.49. The lowest BCUT2D eigenvalue weighted by Crippen LogP contribution is -2.45. The van der Waals surface area contributed by atoms with Gasteiger partial charge in [-0.15, -0.1) is 0 Å². The fraction of sp³-hybridized carbons (Fsp3) is 0.350. The highest BCUT2D eigenvalue weighted by Crippen LogP contribution is 2.22. The maximum atomic E-state index is 12.8. The van der Waals surface area contributed by atoms with Crippen molar-refractivity contribution in [2.75, 3.05) is 25.5 Å². The third kappa shape index (κ3) is 3.70. The second-order valence-corrected chi connectivity index (χ2v) is 6.29. The standard InChI is InChI=1S/C20H24N2O2/c1-15-13-16(10-11-19(15)24-2)20(23)22-12-6-9-18(14-22)21-17-7-4-3-5-8-17/h3-5,7-8,10-11,13,18,21H,6,9,12,14H2,1-2H3/t18-/m0/s1. The highest BCUT2D eigenvalue weighted by molar-refractivity contribution is 5.94. The number of aryl methyl sites for hydroxylation is 1. The van der Waals surface area contributed by atoms with E-state index in [9.17, 15) is 4.79 Å². The molecule has 1 atom stereocenters. The van der Waals surface area contributed by atoms with Crippen LogP contribution in [0.5, 0.6) is 5.75 Å². The van der Waals surface area contributed by atoms with Crippen molar-refractivity contribution in [1.82, 2.24) is 4.90 Å². The van der Waals surface area contributed by atoms with Crippen molar-refractivity contribution in [2.24, 2.45) is 0 Å². The zero-order valence-corrected chi connectivity index (χ0v) is 14.3. The molecule has 0 aliphatic carbocycles. The number of piperidine rings is 1. The van der Waals surface area contributed by atoms with Gasteiger partial charge in [-0.1, -0.05) is 18.2 Å². The molecule has 4 heteroatoms. The maximum Gasteiger partial charge on any atom is 0.253 e. The molecule has 0 bridgehead atoms. The van der Waals surface area contributed by atoms with Gasteiger partial charge < -0.3 is 15.0 Å². The van der Waals surface area contributed by atoms with E-state index in [1.807, 2.05) is 48.2 Å². The summed E-state index contributed by atoms with van der Waals surface area (Å²) in [5.74, 6) is 0.911. The van der Waals surface area contributed by atoms with Gasteiger partial charge in [-0.05, 0) is 55.7 Å². The number of nitrogens with one attached hydrogen (secondary N) is 1. The highest BCUT2D eigenvalue weighted by Gasteiger charge is 2.24. The van der Waals surface area contributed by atoms with E-state index in [2.05, 4.69) is 17.4 Å². The summed E-state index contributed by atoms with van der Waals surface area (Å²) in [5, 5.41) is 3.53. The molecule has 1 amide bonds. The van der Waals surface area contributed by atoms with Crippen LogP contribution in [0, 0.1) is 6.92 Å². The number of anilines is 1. The predicted molar refractivity (Wildman–Crippen MR) is 96.7 cm³/mol. The first-order valence-corrected chi connectivity index (χ1v) is 8.43. The molecule has 1 heterocycles. The van der Waals surface area contributed by atoms with E-state index in [0.29, 0.717) is 6.04 Å². The largest absolute Gasteiger partial charge is 0.496 e. The Balaban J connectivity index is 1.67. The number of likely N-dealkylation sites (tertiary alicyclic amines) is 1. The van der Waals surface area contributed by atoms with Gasteiger partial charge >= 0.3 is 0 Å². The van der Waals surface area contributed by atoms with E-state index in [4.69, 9.17) is 4.74 Å². The third-order valence-corrected chi connectivity index (χ3v) is 4.49. The topological polar surface area (TPSA) is 41.6 Å². The van der Waals surface area contributed by atoms with Crippen molar-refractivity contribution >= 4 is 11.6 Å². The van der Waals surface area contributed by atoms with E-state index in [-0.39, 0.29) is 5.91 Å². The molecule has 1 aliphatic heterocycles. The van der Waals surface area contributed by atoms with Gasteiger partial charge in [0.15, 0.2) is 0 Å². The number of hydrogen-bond donors (Lipinski definition) is 1. The van der Waals surface area contributed by atoms with Crippen molar-refractivity contribution in [3.63, 3.8) is 0 Å². The molecule has 3 rings (SSSR count). The lowest BCUT2D eigenvalue weighted by Gasteiger charge is -2.34. The van der Waals surface area contributed by atoms with Gasteiger partial charge in [0.05, 0.1) is 7.11 Å². The zero-order chi connectivity index (χ0) is 16.9. The van der Waals surface area contributed by atoms with Crippen molar-refractivity contribution in [3.8, 4) is 5.75 Å². The molecule has 24 heavy (non-hydrogen) atoms. The Morgan fingerprint density at radius 3 is 2.71 bits per heavy atom. The number of rotatable bonds is 4. The van der Waals surface area contributed by atoms with Crippen LogP contribution in [0.3, 0.4) is 0 Å². The van der Waals surface area contributed by atoms with Crippen LogP contribution < -0.4 is 10.1 Å². The van der Waals surface area contributed by atoms with Gasteiger partial charge in [-0.25, -0.2) is 0 Å². The van der Waals surface area contributed by atoms with Gasteiger partial charge in [0, 0.05) is 30.4 Å². The van der Waals surface area contributed by atoms with Crippen molar-refractivity contribution in [1.29, 1.82) is 0 Å². The summed E-state index contributed by atoms with van der Waals surface area (Å²) in [4.78, 5) is 14.8. The molecule has 1 aliphatic rings. The van der Waals surface area contributed by atoms with E-state index in [1.165, 1.54) is 0 Å². The van der Waals surface area contributed by atoms with Gasteiger partial charge in [-0.2, -0.15) is 0 Å². The Morgan fingerprint density at radius 1 is 1.21 bits per heavy atom. The minimum Gasteiger partial charge on any atom is -0.496 e. The first-order valence-electron chi connectivity index (χ1n) is 8.43. The van der Waals surface area contributed by atoms with E-state index < -0.39 is 0 Å². The highest BCUT2D eigenvalue weighted by atomic mass is 16.5. The molecule has 0 aromatic heterocycles. The summed E-state index contributed by atoms with van der Waals surface area (Å²) in [6.45, 7) is 3.52. The number of amides is 1. The quantitative estimate of drug-likeness (QED) is 0.932. The SMILES string of the molecule is COc1ccc(C(=O)N2CCC[C@H](Nc3ccccc3)C2)cc1C. The predicted octanol–water partition coefficient (Wildman–Crippen LogP) is 3.72. The first kappa shape index (κ1) is 16.4. The molecule has 0 radical (unpaired) electrons.